The topological polar surface area (TPSA) is 37.3 Å². The first kappa shape index (κ1) is 8.78. The van der Waals surface area contributed by atoms with Gasteiger partial charge < -0.3 is 5.11 Å². The third-order valence-electron chi connectivity index (χ3n) is 1.55. The predicted octanol–water partition coefficient (Wildman–Crippen LogP) is 1.73. The van der Waals surface area contributed by atoms with E-state index in [4.69, 9.17) is 5.11 Å². The van der Waals surface area contributed by atoms with E-state index >= 15 is 0 Å². The maximum Gasteiger partial charge on any atom is 0.307 e. The minimum atomic E-state index is -0.792. The van der Waals surface area contributed by atoms with Crippen molar-refractivity contribution in [2.75, 3.05) is 0 Å². The van der Waals surface area contributed by atoms with Crippen LogP contribution < -0.4 is 0 Å². The highest BCUT2D eigenvalue weighted by atomic mass is 16.4. The summed E-state index contributed by atoms with van der Waals surface area (Å²) in [5.41, 5.74) is 2.83. The largest absolute Gasteiger partial charge is 0.481 e. The highest BCUT2D eigenvalue weighted by molar-refractivity contribution is 5.70. The molecule has 0 saturated carbocycles. The highest BCUT2D eigenvalue weighted by Gasteiger charge is 2.01. The van der Waals surface area contributed by atoms with Crippen LogP contribution in [0.2, 0.25) is 0 Å². The average molecular weight is 163 g/mol. The van der Waals surface area contributed by atoms with Crippen LogP contribution in [0.5, 0.6) is 0 Å². The molecule has 63 valence electrons. The second-order valence-corrected chi connectivity index (χ2v) is 2.93. The standard InChI is InChI=1S/C10H11O2/c1-7-3-8(2)5-9(4-7)6-10(11)12/h4-5H,6H2,1-2H3,(H,11,12). The lowest BCUT2D eigenvalue weighted by molar-refractivity contribution is -0.136. The van der Waals surface area contributed by atoms with Gasteiger partial charge in [0, 0.05) is 0 Å². The Morgan fingerprint density at radius 2 is 1.92 bits per heavy atom. The van der Waals surface area contributed by atoms with Crippen LogP contribution in [0.15, 0.2) is 12.1 Å². The summed E-state index contributed by atoms with van der Waals surface area (Å²) in [6.45, 7) is 3.83. The van der Waals surface area contributed by atoms with Crippen molar-refractivity contribution in [3.63, 3.8) is 0 Å². The van der Waals surface area contributed by atoms with Crippen molar-refractivity contribution in [1.82, 2.24) is 0 Å². The van der Waals surface area contributed by atoms with Gasteiger partial charge in [-0.05, 0) is 36.6 Å². The van der Waals surface area contributed by atoms with Gasteiger partial charge in [-0.15, -0.1) is 0 Å². The Hall–Kier alpha value is -1.31. The molecular weight excluding hydrogens is 152 g/mol. The zero-order valence-electron chi connectivity index (χ0n) is 7.22. The van der Waals surface area contributed by atoms with E-state index in [1.807, 2.05) is 26.0 Å². The molecule has 0 aliphatic carbocycles. The summed E-state index contributed by atoms with van der Waals surface area (Å²) in [4.78, 5) is 10.4. The second-order valence-electron chi connectivity index (χ2n) is 2.93. The molecule has 1 aromatic carbocycles. The summed E-state index contributed by atoms with van der Waals surface area (Å²) in [5, 5.41) is 8.54. The minimum Gasteiger partial charge on any atom is -0.481 e. The second kappa shape index (κ2) is 3.39. The van der Waals surface area contributed by atoms with Crippen molar-refractivity contribution in [1.29, 1.82) is 0 Å². The summed E-state index contributed by atoms with van der Waals surface area (Å²) in [6.07, 6.45) is 0.0936. The Morgan fingerprint density at radius 3 is 2.33 bits per heavy atom. The van der Waals surface area contributed by atoms with Crippen LogP contribution in [0, 0.1) is 19.9 Å². The molecule has 2 heteroatoms. The lowest BCUT2D eigenvalue weighted by Crippen LogP contribution is -2.00. The van der Waals surface area contributed by atoms with E-state index in [1.54, 1.807) is 0 Å². The lowest BCUT2D eigenvalue weighted by Gasteiger charge is -2.00. The maximum absolute atomic E-state index is 10.4. The molecule has 0 atom stereocenters. The van der Waals surface area contributed by atoms with E-state index < -0.39 is 5.97 Å². The number of hydrogen-bond acceptors (Lipinski definition) is 1. The Bertz CT molecular complexity index is 282. The normalized spacial score (nSPS) is 9.83. The molecular formula is C10H11O2. The van der Waals surface area contributed by atoms with Crippen LogP contribution >= 0.6 is 0 Å². The van der Waals surface area contributed by atoms with E-state index in [0.29, 0.717) is 0 Å². The molecule has 0 heterocycles. The summed E-state index contributed by atoms with van der Waals surface area (Å²) >= 11 is 0. The van der Waals surface area contributed by atoms with Gasteiger partial charge in [0.05, 0.1) is 6.42 Å². The number of aryl methyl sites for hydroxylation is 2. The Kier molecular flexibility index (Phi) is 2.48. The SMILES string of the molecule is Cc1[c]c(C)cc(CC(=O)O)c1. The van der Waals surface area contributed by atoms with Gasteiger partial charge in [-0.2, -0.15) is 0 Å². The monoisotopic (exact) mass is 163 g/mol. The number of hydrogen-bond donors (Lipinski definition) is 1. The molecule has 0 amide bonds. The first-order valence-electron chi connectivity index (χ1n) is 3.79. The molecule has 0 aliphatic rings. The molecule has 1 rings (SSSR count). The van der Waals surface area contributed by atoms with Gasteiger partial charge in [-0.3, -0.25) is 4.79 Å². The van der Waals surface area contributed by atoms with Gasteiger partial charge in [0.1, 0.15) is 0 Å². The molecule has 0 spiro atoms. The van der Waals surface area contributed by atoms with Crippen LogP contribution in [0.3, 0.4) is 0 Å². The van der Waals surface area contributed by atoms with Gasteiger partial charge in [0.15, 0.2) is 0 Å². The summed E-state index contributed by atoms with van der Waals surface area (Å²) in [7, 11) is 0. The van der Waals surface area contributed by atoms with Crippen molar-refractivity contribution in [3.05, 3.63) is 34.9 Å². The lowest BCUT2D eigenvalue weighted by atomic mass is 10.1. The maximum atomic E-state index is 10.4. The van der Waals surface area contributed by atoms with Crippen LogP contribution in [-0.4, -0.2) is 11.1 Å². The van der Waals surface area contributed by atoms with Gasteiger partial charge in [0.25, 0.3) is 0 Å². The van der Waals surface area contributed by atoms with Crippen LogP contribution in [0.4, 0.5) is 0 Å². The zero-order valence-corrected chi connectivity index (χ0v) is 7.22. The quantitative estimate of drug-likeness (QED) is 0.720. The molecule has 0 aromatic heterocycles. The molecule has 0 unspecified atom stereocenters. The fourth-order valence-corrected chi connectivity index (χ4v) is 1.26. The van der Waals surface area contributed by atoms with Crippen LogP contribution in [-0.2, 0) is 11.2 Å². The molecule has 1 radical (unpaired) electrons. The van der Waals surface area contributed by atoms with Gasteiger partial charge >= 0.3 is 5.97 Å². The van der Waals surface area contributed by atoms with E-state index in [2.05, 4.69) is 6.07 Å². The average Bonchev–Trinajstić information content (AvgIpc) is 1.81. The number of carboxylic acids is 1. The summed E-state index contributed by atoms with van der Waals surface area (Å²) in [6, 6.07) is 6.79. The van der Waals surface area contributed by atoms with E-state index in [1.165, 1.54) is 0 Å². The van der Waals surface area contributed by atoms with E-state index in [-0.39, 0.29) is 6.42 Å². The summed E-state index contributed by atoms with van der Waals surface area (Å²) < 4.78 is 0. The fraction of sp³-hybridized carbons (Fsp3) is 0.300. The fourth-order valence-electron chi connectivity index (χ4n) is 1.26. The van der Waals surface area contributed by atoms with E-state index in [0.717, 1.165) is 16.7 Å². The molecule has 0 aliphatic heterocycles. The van der Waals surface area contributed by atoms with Gasteiger partial charge in [0.2, 0.25) is 0 Å². The smallest absolute Gasteiger partial charge is 0.307 e. The Balaban J connectivity index is 2.93. The van der Waals surface area contributed by atoms with Crippen LogP contribution in [0.25, 0.3) is 0 Å². The Morgan fingerprint density at radius 1 is 1.42 bits per heavy atom. The van der Waals surface area contributed by atoms with Gasteiger partial charge in [-0.1, -0.05) is 12.1 Å². The third kappa shape index (κ3) is 2.38. The van der Waals surface area contributed by atoms with E-state index in [9.17, 15) is 4.79 Å². The number of carboxylic acid groups (broad SMARTS) is 1. The molecule has 12 heavy (non-hydrogen) atoms. The summed E-state index contributed by atoms with van der Waals surface area (Å²) in [5.74, 6) is -0.792. The minimum absolute atomic E-state index is 0.0936. The van der Waals surface area contributed by atoms with Crippen molar-refractivity contribution in [2.24, 2.45) is 0 Å². The van der Waals surface area contributed by atoms with Crippen molar-refractivity contribution < 1.29 is 9.90 Å². The molecule has 0 bridgehead atoms. The number of rotatable bonds is 2. The van der Waals surface area contributed by atoms with Crippen molar-refractivity contribution in [3.8, 4) is 0 Å². The van der Waals surface area contributed by atoms with Gasteiger partial charge in [-0.25, -0.2) is 0 Å². The number of carbonyl (C=O) groups is 1. The molecule has 0 fully saturated rings. The van der Waals surface area contributed by atoms with Crippen LogP contribution in [0.1, 0.15) is 16.7 Å². The van der Waals surface area contributed by atoms with Crippen molar-refractivity contribution in [2.45, 2.75) is 20.3 Å². The Labute approximate surface area is 71.8 Å². The number of aliphatic carboxylic acids is 1. The first-order chi connectivity index (χ1) is 5.58. The molecule has 0 saturated heterocycles. The molecule has 1 N–H and O–H groups in total. The predicted molar refractivity (Wildman–Crippen MR) is 46.1 cm³/mol. The van der Waals surface area contributed by atoms with Crippen molar-refractivity contribution >= 4 is 5.97 Å². The first-order valence-corrected chi connectivity index (χ1v) is 3.79. The molecule has 1 aromatic rings. The highest BCUT2D eigenvalue weighted by Crippen LogP contribution is 2.08. The number of benzene rings is 1. The third-order valence-corrected chi connectivity index (χ3v) is 1.55. The zero-order chi connectivity index (χ0) is 9.14. The molecule has 2 nitrogen and oxygen atoms in total.